The van der Waals surface area contributed by atoms with Crippen LogP contribution in [0.3, 0.4) is 0 Å². The van der Waals surface area contributed by atoms with E-state index in [2.05, 4.69) is 30.1 Å². The van der Waals surface area contributed by atoms with Crippen LogP contribution >= 0.6 is 11.3 Å². The second-order valence-electron chi connectivity index (χ2n) is 5.89. The van der Waals surface area contributed by atoms with Gasteiger partial charge in [-0.1, -0.05) is 18.2 Å². The molecule has 4 aromatic rings. The highest BCUT2D eigenvalue weighted by molar-refractivity contribution is 7.21. The molecule has 25 heavy (non-hydrogen) atoms. The van der Waals surface area contributed by atoms with Crippen molar-refractivity contribution in [3.63, 3.8) is 0 Å². The Morgan fingerprint density at radius 1 is 1.00 bits per heavy atom. The first-order valence-corrected chi connectivity index (χ1v) is 8.80. The maximum absolute atomic E-state index is 9.48. The lowest BCUT2D eigenvalue weighted by atomic mass is 10.2. The fraction of sp³-hybridized carbons (Fsp3) is 0.0476. The van der Waals surface area contributed by atoms with Gasteiger partial charge in [-0.3, -0.25) is 4.99 Å². The van der Waals surface area contributed by atoms with Gasteiger partial charge in [0.25, 0.3) is 0 Å². The maximum atomic E-state index is 9.48. The van der Waals surface area contributed by atoms with Gasteiger partial charge in [-0.05, 0) is 66.6 Å². The van der Waals surface area contributed by atoms with Gasteiger partial charge in [0.05, 0.1) is 15.9 Å². The van der Waals surface area contributed by atoms with Crippen LogP contribution in [-0.4, -0.2) is 16.3 Å². The predicted octanol–water partition coefficient (Wildman–Crippen LogP) is 5.73. The molecule has 0 aliphatic rings. The van der Waals surface area contributed by atoms with Crippen LogP contribution in [0, 0.1) is 6.92 Å². The van der Waals surface area contributed by atoms with Crippen LogP contribution in [0.25, 0.3) is 20.8 Å². The fourth-order valence-corrected chi connectivity index (χ4v) is 3.67. The average molecular weight is 344 g/mol. The van der Waals surface area contributed by atoms with Crippen LogP contribution in [0.2, 0.25) is 0 Å². The lowest BCUT2D eigenvalue weighted by Crippen LogP contribution is -1.79. The number of hydrogen-bond donors (Lipinski definition) is 1. The molecule has 0 bridgehead atoms. The molecule has 1 aromatic heterocycles. The van der Waals surface area contributed by atoms with Crippen molar-refractivity contribution >= 4 is 33.5 Å². The number of phenolic OH excluding ortho intramolecular Hbond substituents is 1. The third-order valence-electron chi connectivity index (χ3n) is 3.89. The summed E-state index contributed by atoms with van der Waals surface area (Å²) >= 11 is 1.70. The molecule has 3 aromatic carbocycles. The van der Waals surface area contributed by atoms with E-state index < -0.39 is 0 Å². The van der Waals surface area contributed by atoms with Gasteiger partial charge in [-0.15, -0.1) is 11.3 Å². The topological polar surface area (TPSA) is 45.5 Å². The second-order valence-corrected chi connectivity index (χ2v) is 6.92. The first kappa shape index (κ1) is 15.5. The number of thiazole rings is 1. The molecule has 0 aliphatic heterocycles. The summed E-state index contributed by atoms with van der Waals surface area (Å²) in [6.45, 7) is 2.10. The Bertz CT molecular complexity index is 1060. The standard InChI is InChI=1S/C21H16N2OS/c1-14-5-10-19-20(11-14)25-21(23-19)16-6-8-17(9-7-16)22-13-15-3-2-4-18(24)12-15/h2-13,24H,1H3. The summed E-state index contributed by atoms with van der Waals surface area (Å²) in [5, 5.41) is 10.5. The molecule has 1 heterocycles. The summed E-state index contributed by atoms with van der Waals surface area (Å²) in [5.74, 6) is 0.241. The third-order valence-corrected chi connectivity index (χ3v) is 4.96. The van der Waals surface area contributed by atoms with E-state index in [1.165, 1.54) is 10.3 Å². The molecule has 0 fully saturated rings. The summed E-state index contributed by atoms with van der Waals surface area (Å²) in [4.78, 5) is 9.16. The summed E-state index contributed by atoms with van der Waals surface area (Å²) in [6, 6.07) is 21.4. The zero-order valence-corrected chi connectivity index (χ0v) is 14.5. The largest absolute Gasteiger partial charge is 0.508 e. The molecular weight excluding hydrogens is 328 g/mol. The number of aromatic nitrogens is 1. The monoisotopic (exact) mass is 344 g/mol. The Kier molecular flexibility index (Phi) is 4.04. The summed E-state index contributed by atoms with van der Waals surface area (Å²) in [6.07, 6.45) is 1.75. The van der Waals surface area contributed by atoms with E-state index in [0.717, 1.165) is 27.3 Å². The molecule has 0 amide bonds. The molecule has 0 atom stereocenters. The molecule has 0 saturated carbocycles. The van der Waals surface area contributed by atoms with Crippen LogP contribution < -0.4 is 0 Å². The van der Waals surface area contributed by atoms with Gasteiger partial charge < -0.3 is 5.11 Å². The van der Waals surface area contributed by atoms with Crippen LogP contribution in [0.4, 0.5) is 5.69 Å². The smallest absolute Gasteiger partial charge is 0.124 e. The van der Waals surface area contributed by atoms with E-state index in [-0.39, 0.29) is 5.75 Å². The maximum Gasteiger partial charge on any atom is 0.124 e. The van der Waals surface area contributed by atoms with Gasteiger partial charge in [0.15, 0.2) is 0 Å². The number of aromatic hydroxyl groups is 1. The van der Waals surface area contributed by atoms with E-state index in [0.29, 0.717) is 0 Å². The second kappa shape index (κ2) is 6.49. The zero-order chi connectivity index (χ0) is 17.2. The molecule has 3 nitrogen and oxygen atoms in total. The number of fused-ring (bicyclic) bond motifs is 1. The lowest BCUT2D eigenvalue weighted by Gasteiger charge is -1.98. The fourth-order valence-electron chi connectivity index (χ4n) is 2.60. The van der Waals surface area contributed by atoms with Crippen molar-refractivity contribution in [1.82, 2.24) is 4.98 Å². The number of phenols is 1. The molecule has 4 rings (SSSR count). The predicted molar refractivity (Wildman–Crippen MR) is 105 cm³/mol. The lowest BCUT2D eigenvalue weighted by molar-refractivity contribution is 0.475. The van der Waals surface area contributed by atoms with Crippen molar-refractivity contribution < 1.29 is 5.11 Å². The third kappa shape index (κ3) is 3.44. The molecular formula is C21H16N2OS. The van der Waals surface area contributed by atoms with Gasteiger partial charge in [-0.2, -0.15) is 0 Å². The van der Waals surface area contributed by atoms with Crippen molar-refractivity contribution in [2.24, 2.45) is 4.99 Å². The summed E-state index contributed by atoms with van der Waals surface area (Å²) in [7, 11) is 0. The van der Waals surface area contributed by atoms with Crippen LogP contribution in [0.5, 0.6) is 5.75 Å². The molecule has 0 saturated heterocycles. The Hall–Kier alpha value is -2.98. The van der Waals surface area contributed by atoms with E-state index in [4.69, 9.17) is 4.98 Å². The SMILES string of the molecule is Cc1ccc2nc(-c3ccc(N=Cc4cccc(O)c4)cc3)sc2c1. The van der Waals surface area contributed by atoms with Gasteiger partial charge >= 0.3 is 0 Å². The first-order chi connectivity index (χ1) is 12.2. The molecule has 0 aliphatic carbocycles. The van der Waals surface area contributed by atoms with Crippen molar-refractivity contribution in [2.75, 3.05) is 0 Å². The van der Waals surface area contributed by atoms with Crippen LogP contribution in [0.1, 0.15) is 11.1 Å². The minimum absolute atomic E-state index is 0.241. The quantitative estimate of drug-likeness (QED) is 0.483. The number of rotatable bonds is 3. The molecule has 0 unspecified atom stereocenters. The average Bonchev–Trinajstić information content (AvgIpc) is 3.03. The van der Waals surface area contributed by atoms with E-state index >= 15 is 0 Å². The molecule has 0 spiro atoms. The van der Waals surface area contributed by atoms with Crippen molar-refractivity contribution in [3.05, 3.63) is 77.9 Å². The van der Waals surface area contributed by atoms with Gasteiger partial charge in [0.1, 0.15) is 10.8 Å². The first-order valence-electron chi connectivity index (χ1n) is 7.98. The number of aryl methyl sites for hydroxylation is 1. The molecule has 1 N–H and O–H groups in total. The number of nitrogens with zero attached hydrogens (tertiary/aromatic N) is 2. The summed E-state index contributed by atoms with van der Waals surface area (Å²) < 4.78 is 1.21. The Labute approximate surface area is 150 Å². The Balaban J connectivity index is 1.58. The molecule has 0 radical (unpaired) electrons. The van der Waals surface area contributed by atoms with E-state index in [9.17, 15) is 5.11 Å². The normalized spacial score (nSPS) is 11.4. The zero-order valence-electron chi connectivity index (χ0n) is 13.7. The molecule has 122 valence electrons. The molecule has 4 heteroatoms. The highest BCUT2D eigenvalue weighted by Crippen LogP contribution is 2.31. The highest BCUT2D eigenvalue weighted by atomic mass is 32.1. The van der Waals surface area contributed by atoms with Crippen molar-refractivity contribution in [3.8, 4) is 16.3 Å². The van der Waals surface area contributed by atoms with Crippen LogP contribution in [0.15, 0.2) is 71.7 Å². The minimum atomic E-state index is 0.241. The van der Waals surface area contributed by atoms with E-state index in [1.54, 1.807) is 35.8 Å². The van der Waals surface area contributed by atoms with Crippen LogP contribution in [-0.2, 0) is 0 Å². The Morgan fingerprint density at radius 2 is 1.84 bits per heavy atom. The summed E-state index contributed by atoms with van der Waals surface area (Å²) in [5.41, 5.74) is 5.11. The number of hydrogen-bond acceptors (Lipinski definition) is 4. The van der Waals surface area contributed by atoms with Gasteiger partial charge in [0, 0.05) is 11.8 Å². The van der Waals surface area contributed by atoms with E-state index in [1.807, 2.05) is 30.3 Å². The highest BCUT2D eigenvalue weighted by Gasteiger charge is 2.06. The van der Waals surface area contributed by atoms with Gasteiger partial charge in [-0.25, -0.2) is 4.98 Å². The Morgan fingerprint density at radius 3 is 2.64 bits per heavy atom. The minimum Gasteiger partial charge on any atom is -0.508 e. The van der Waals surface area contributed by atoms with Crippen molar-refractivity contribution in [2.45, 2.75) is 6.92 Å². The number of aliphatic imine (C=N–C) groups is 1. The van der Waals surface area contributed by atoms with Gasteiger partial charge in [0.2, 0.25) is 0 Å². The number of benzene rings is 3. The van der Waals surface area contributed by atoms with Crippen molar-refractivity contribution in [1.29, 1.82) is 0 Å².